The third-order valence-corrected chi connectivity index (χ3v) is 4.10. The number of anilines is 1. The van der Waals surface area contributed by atoms with E-state index in [0.29, 0.717) is 5.75 Å². The summed E-state index contributed by atoms with van der Waals surface area (Å²) >= 11 is 0. The van der Waals surface area contributed by atoms with Crippen LogP contribution in [0.3, 0.4) is 0 Å². The molecule has 7 nitrogen and oxygen atoms in total. The average Bonchev–Trinajstić information content (AvgIpc) is 2.38. The summed E-state index contributed by atoms with van der Waals surface area (Å²) in [6.07, 6.45) is 0. The van der Waals surface area contributed by atoms with E-state index >= 15 is 0 Å². The zero-order chi connectivity index (χ0) is 15.3. The Kier molecular flexibility index (Phi) is 5.09. The number of nitrogens with one attached hydrogen (secondary N) is 1. The number of amides is 1. The lowest BCUT2D eigenvalue weighted by molar-refractivity contribution is -0.113. The van der Waals surface area contributed by atoms with E-state index in [0.717, 1.165) is 0 Å². The molecule has 0 aromatic heterocycles. The molecule has 20 heavy (non-hydrogen) atoms. The number of rotatable bonds is 6. The molecule has 0 bridgehead atoms. The van der Waals surface area contributed by atoms with Gasteiger partial charge in [0.25, 0.3) is 0 Å². The van der Waals surface area contributed by atoms with Gasteiger partial charge in [-0.1, -0.05) is 6.92 Å². The maximum Gasteiger partial charge on any atom is 0.337 e. The maximum atomic E-state index is 11.6. The molecule has 1 aromatic carbocycles. The molecule has 0 radical (unpaired) electrons. The maximum absolute atomic E-state index is 11.6. The Labute approximate surface area is 116 Å². The topological polar surface area (TPSA) is 110 Å². The molecule has 0 atom stereocenters. The molecule has 1 rings (SSSR count). The number of aromatic carboxylic acids is 1. The van der Waals surface area contributed by atoms with Crippen LogP contribution in [0.25, 0.3) is 0 Å². The second kappa shape index (κ2) is 6.38. The van der Waals surface area contributed by atoms with Crippen LogP contribution in [0.5, 0.6) is 5.75 Å². The summed E-state index contributed by atoms with van der Waals surface area (Å²) in [5, 5.41) is 11.3. The fourth-order valence-electron chi connectivity index (χ4n) is 1.42. The van der Waals surface area contributed by atoms with Crippen LogP contribution in [0.1, 0.15) is 17.3 Å². The van der Waals surface area contributed by atoms with E-state index in [2.05, 4.69) is 5.32 Å². The number of ether oxygens (including phenoxy) is 1. The number of benzene rings is 1. The largest absolute Gasteiger partial charge is 0.497 e. The van der Waals surface area contributed by atoms with Gasteiger partial charge in [0.05, 0.1) is 18.4 Å². The van der Waals surface area contributed by atoms with E-state index in [1.807, 2.05) is 0 Å². The van der Waals surface area contributed by atoms with E-state index in [4.69, 9.17) is 9.84 Å². The molecule has 0 fully saturated rings. The van der Waals surface area contributed by atoms with Crippen molar-refractivity contribution in [2.45, 2.75) is 6.92 Å². The van der Waals surface area contributed by atoms with Crippen molar-refractivity contribution in [3.05, 3.63) is 23.8 Å². The highest BCUT2D eigenvalue weighted by Crippen LogP contribution is 2.22. The first kappa shape index (κ1) is 16.0. The number of hydrogen-bond donors (Lipinski definition) is 2. The highest BCUT2D eigenvalue weighted by atomic mass is 32.2. The van der Waals surface area contributed by atoms with Gasteiger partial charge in [0.15, 0.2) is 9.84 Å². The SMILES string of the molecule is CCS(=O)(=O)CC(=O)Nc1ccc(OC)cc1C(=O)O. The van der Waals surface area contributed by atoms with Gasteiger partial charge in [-0.15, -0.1) is 0 Å². The van der Waals surface area contributed by atoms with Gasteiger partial charge in [-0.2, -0.15) is 0 Å². The first-order chi connectivity index (χ1) is 9.29. The minimum absolute atomic E-state index is 0.0228. The van der Waals surface area contributed by atoms with Gasteiger partial charge in [-0.3, -0.25) is 4.79 Å². The lowest BCUT2D eigenvalue weighted by Crippen LogP contribution is -2.24. The van der Waals surface area contributed by atoms with Gasteiger partial charge < -0.3 is 15.2 Å². The quantitative estimate of drug-likeness (QED) is 0.803. The molecule has 0 heterocycles. The van der Waals surface area contributed by atoms with Crippen LogP contribution in [-0.2, 0) is 14.6 Å². The molecular formula is C12H15NO6S. The van der Waals surface area contributed by atoms with Crippen LogP contribution in [0.15, 0.2) is 18.2 Å². The van der Waals surface area contributed by atoms with Gasteiger partial charge in [0.1, 0.15) is 11.5 Å². The van der Waals surface area contributed by atoms with Crippen LogP contribution in [0, 0.1) is 0 Å². The van der Waals surface area contributed by atoms with E-state index in [-0.39, 0.29) is 17.0 Å². The molecule has 0 aliphatic carbocycles. The summed E-state index contributed by atoms with van der Waals surface area (Å²) in [4.78, 5) is 22.7. The second-order valence-corrected chi connectivity index (χ2v) is 6.29. The van der Waals surface area contributed by atoms with Crippen LogP contribution in [0.4, 0.5) is 5.69 Å². The normalized spacial score (nSPS) is 10.9. The molecule has 0 saturated heterocycles. The Bertz CT molecular complexity index is 623. The molecule has 110 valence electrons. The summed E-state index contributed by atoms with van der Waals surface area (Å²) in [6, 6.07) is 4.06. The molecule has 2 N–H and O–H groups in total. The van der Waals surface area contributed by atoms with Crippen molar-refractivity contribution in [2.75, 3.05) is 23.9 Å². The number of sulfone groups is 1. The third-order valence-electron chi connectivity index (χ3n) is 2.52. The van der Waals surface area contributed by atoms with Crippen molar-refractivity contribution in [1.82, 2.24) is 0 Å². The van der Waals surface area contributed by atoms with Crippen LogP contribution >= 0.6 is 0 Å². The zero-order valence-electron chi connectivity index (χ0n) is 11.0. The van der Waals surface area contributed by atoms with Gasteiger partial charge in [-0.05, 0) is 18.2 Å². The molecule has 0 aliphatic rings. The Balaban J connectivity index is 2.98. The number of hydrogen-bond acceptors (Lipinski definition) is 5. The second-order valence-electron chi connectivity index (χ2n) is 3.94. The highest BCUT2D eigenvalue weighted by Gasteiger charge is 2.18. The Morgan fingerprint density at radius 3 is 2.50 bits per heavy atom. The zero-order valence-corrected chi connectivity index (χ0v) is 11.9. The van der Waals surface area contributed by atoms with E-state index in [9.17, 15) is 18.0 Å². The van der Waals surface area contributed by atoms with Crippen LogP contribution < -0.4 is 10.1 Å². The lowest BCUT2D eigenvalue weighted by Gasteiger charge is -2.10. The fraction of sp³-hybridized carbons (Fsp3) is 0.333. The first-order valence-electron chi connectivity index (χ1n) is 5.70. The standard InChI is InChI=1S/C12H15NO6S/c1-3-20(17,18)7-11(14)13-10-5-4-8(19-2)6-9(10)12(15)16/h4-6H,3,7H2,1-2H3,(H,13,14)(H,15,16). The summed E-state index contributed by atoms with van der Waals surface area (Å²) < 4.78 is 27.5. The Morgan fingerprint density at radius 2 is 2.00 bits per heavy atom. The van der Waals surface area contributed by atoms with Crippen molar-refractivity contribution >= 4 is 27.4 Å². The molecule has 0 spiro atoms. The van der Waals surface area contributed by atoms with Crippen molar-refractivity contribution in [2.24, 2.45) is 0 Å². The Morgan fingerprint density at radius 1 is 1.35 bits per heavy atom. The number of methoxy groups -OCH3 is 1. The monoisotopic (exact) mass is 301 g/mol. The molecule has 0 aliphatic heterocycles. The smallest absolute Gasteiger partial charge is 0.337 e. The van der Waals surface area contributed by atoms with Gasteiger partial charge >= 0.3 is 5.97 Å². The van der Waals surface area contributed by atoms with Crippen molar-refractivity contribution in [3.63, 3.8) is 0 Å². The highest BCUT2D eigenvalue weighted by molar-refractivity contribution is 7.92. The van der Waals surface area contributed by atoms with E-state index in [1.165, 1.54) is 32.2 Å². The number of carboxylic acids is 1. The van der Waals surface area contributed by atoms with Gasteiger partial charge in [0, 0.05) is 5.75 Å². The van der Waals surface area contributed by atoms with Crippen molar-refractivity contribution in [3.8, 4) is 5.75 Å². The lowest BCUT2D eigenvalue weighted by atomic mass is 10.1. The molecule has 8 heteroatoms. The van der Waals surface area contributed by atoms with E-state index < -0.39 is 27.5 Å². The number of carbonyl (C=O) groups excluding carboxylic acids is 1. The van der Waals surface area contributed by atoms with Crippen LogP contribution in [-0.4, -0.2) is 44.0 Å². The predicted octanol–water partition coefficient (Wildman–Crippen LogP) is 0.767. The predicted molar refractivity (Wildman–Crippen MR) is 72.9 cm³/mol. The summed E-state index contributed by atoms with van der Waals surface area (Å²) in [5.74, 6) is -2.55. The molecule has 1 amide bonds. The van der Waals surface area contributed by atoms with Gasteiger partial charge in [-0.25, -0.2) is 13.2 Å². The molecular weight excluding hydrogens is 286 g/mol. The van der Waals surface area contributed by atoms with E-state index in [1.54, 1.807) is 0 Å². The fourth-order valence-corrected chi connectivity index (χ4v) is 2.10. The minimum Gasteiger partial charge on any atom is -0.497 e. The molecule has 0 saturated carbocycles. The summed E-state index contributed by atoms with van der Waals surface area (Å²) in [5.41, 5.74) is -0.152. The summed E-state index contributed by atoms with van der Waals surface area (Å²) in [7, 11) is -2.09. The van der Waals surface area contributed by atoms with Crippen molar-refractivity contribution < 1.29 is 27.9 Å². The minimum atomic E-state index is -3.47. The third kappa shape index (κ3) is 4.23. The average molecular weight is 301 g/mol. The van der Waals surface area contributed by atoms with Crippen molar-refractivity contribution in [1.29, 1.82) is 0 Å². The molecule has 1 aromatic rings. The first-order valence-corrected chi connectivity index (χ1v) is 7.52. The molecule has 0 unspecified atom stereocenters. The number of carbonyl (C=O) groups is 2. The Hall–Kier alpha value is -2.09. The van der Waals surface area contributed by atoms with Crippen LogP contribution in [0.2, 0.25) is 0 Å². The summed E-state index contributed by atoms with van der Waals surface area (Å²) in [6.45, 7) is 1.43. The number of carboxylic acid groups (broad SMARTS) is 1. The van der Waals surface area contributed by atoms with Gasteiger partial charge in [0.2, 0.25) is 5.91 Å².